The first kappa shape index (κ1) is 11.9. The Morgan fingerprint density at radius 2 is 1.79 bits per heavy atom. The molecule has 0 aliphatic heterocycles. The van der Waals surface area contributed by atoms with E-state index in [0.717, 1.165) is 6.92 Å². The van der Waals surface area contributed by atoms with E-state index in [0.29, 0.717) is 0 Å². The molecular weight excluding hydrogens is 190 g/mol. The Morgan fingerprint density at radius 3 is 1.93 bits per heavy atom. The second-order valence-corrected chi connectivity index (χ2v) is 2.25. The smallest absolute Gasteiger partial charge is 0.371 e. The standard InChI is InChI=1S/C5H5NO2.C3H4O3/c7-5(8)4-2-1-3-6-4;1-2(4)3(5)6/h1-3,6H,(H,7,8);1H3,(H,5,6). The maximum Gasteiger partial charge on any atom is 0.371 e. The molecule has 1 aromatic heterocycles. The molecule has 6 heteroatoms. The third-order valence-corrected chi connectivity index (χ3v) is 1.13. The van der Waals surface area contributed by atoms with Gasteiger partial charge in [0, 0.05) is 13.1 Å². The number of aromatic carboxylic acids is 1. The van der Waals surface area contributed by atoms with Gasteiger partial charge in [0.2, 0.25) is 5.78 Å². The van der Waals surface area contributed by atoms with Crippen molar-refractivity contribution in [1.82, 2.24) is 4.98 Å². The summed E-state index contributed by atoms with van der Waals surface area (Å²) in [6.45, 7) is 1.00. The van der Waals surface area contributed by atoms with Gasteiger partial charge in [-0.3, -0.25) is 4.79 Å². The van der Waals surface area contributed by atoms with Crippen molar-refractivity contribution < 1.29 is 24.6 Å². The minimum atomic E-state index is -1.38. The highest BCUT2D eigenvalue weighted by Crippen LogP contribution is 1.91. The lowest BCUT2D eigenvalue weighted by Gasteiger charge is -1.80. The van der Waals surface area contributed by atoms with E-state index in [1.807, 2.05) is 0 Å². The molecular formula is C8H9NO5. The summed E-state index contributed by atoms with van der Waals surface area (Å²) in [7, 11) is 0. The molecule has 0 unspecified atom stereocenters. The number of nitrogens with one attached hydrogen (secondary N) is 1. The minimum absolute atomic E-state index is 0.227. The number of aromatic amines is 1. The van der Waals surface area contributed by atoms with Gasteiger partial charge in [0.25, 0.3) is 0 Å². The molecule has 1 rings (SSSR count). The van der Waals surface area contributed by atoms with Crippen molar-refractivity contribution in [2.24, 2.45) is 0 Å². The Labute approximate surface area is 79.2 Å². The predicted octanol–water partition coefficient (Wildman–Crippen LogP) is 0.373. The van der Waals surface area contributed by atoms with Crippen molar-refractivity contribution in [2.75, 3.05) is 0 Å². The van der Waals surface area contributed by atoms with E-state index in [4.69, 9.17) is 10.2 Å². The fraction of sp³-hybridized carbons (Fsp3) is 0.125. The third-order valence-electron chi connectivity index (χ3n) is 1.13. The Kier molecular flexibility index (Phi) is 4.69. The highest BCUT2D eigenvalue weighted by molar-refractivity contribution is 6.31. The van der Waals surface area contributed by atoms with Gasteiger partial charge in [-0.25, -0.2) is 9.59 Å². The van der Waals surface area contributed by atoms with Crippen LogP contribution in [0.4, 0.5) is 0 Å². The summed E-state index contributed by atoms with van der Waals surface area (Å²) < 4.78 is 0. The highest BCUT2D eigenvalue weighted by Gasteiger charge is 1.99. The molecule has 0 spiro atoms. The molecule has 0 aromatic carbocycles. The summed E-state index contributed by atoms with van der Waals surface area (Å²) >= 11 is 0. The van der Waals surface area contributed by atoms with E-state index in [9.17, 15) is 14.4 Å². The van der Waals surface area contributed by atoms with E-state index >= 15 is 0 Å². The molecule has 0 radical (unpaired) electrons. The van der Waals surface area contributed by atoms with Gasteiger partial charge in [0.15, 0.2) is 0 Å². The van der Waals surface area contributed by atoms with E-state index in [-0.39, 0.29) is 5.69 Å². The van der Waals surface area contributed by atoms with Crippen LogP contribution in [-0.4, -0.2) is 32.9 Å². The van der Waals surface area contributed by atoms with Gasteiger partial charge in [-0.2, -0.15) is 0 Å². The maximum absolute atomic E-state index is 10.0. The number of carbonyl (C=O) groups excluding carboxylic acids is 1. The summed E-state index contributed by atoms with van der Waals surface area (Å²) in [5.74, 6) is -3.12. The number of aliphatic carboxylic acids is 1. The van der Waals surface area contributed by atoms with E-state index in [2.05, 4.69) is 4.98 Å². The topological polar surface area (TPSA) is 107 Å². The van der Waals surface area contributed by atoms with Crippen LogP contribution in [0, 0.1) is 0 Å². The third kappa shape index (κ3) is 4.70. The lowest BCUT2D eigenvalue weighted by atomic mass is 10.4. The van der Waals surface area contributed by atoms with E-state index in [1.54, 1.807) is 12.3 Å². The number of hydrogen-bond acceptors (Lipinski definition) is 3. The molecule has 76 valence electrons. The van der Waals surface area contributed by atoms with Crippen molar-refractivity contribution in [3.63, 3.8) is 0 Å². The molecule has 0 bridgehead atoms. The van der Waals surface area contributed by atoms with Crippen LogP contribution in [0.5, 0.6) is 0 Å². The Balaban J connectivity index is 0.000000255. The highest BCUT2D eigenvalue weighted by atomic mass is 16.4. The quantitative estimate of drug-likeness (QED) is 0.596. The van der Waals surface area contributed by atoms with E-state index in [1.165, 1.54) is 6.07 Å². The number of ketones is 1. The van der Waals surface area contributed by atoms with Crippen molar-refractivity contribution in [2.45, 2.75) is 6.92 Å². The van der Waals surface area contributed by atoms with Crippen LogP contribution in [0.3, 0.4) is 0 Å². The molecule has 0 fully saturated rings. The molecule has 6 nitrogen and oxygen atoms in total. The number of H-pyrrole nitrogens is 1. The summed E-state index contributed by atoms with van der Waals surface area (Å²) in [5.41, 5.74) is 0.227. The maximum atomic E-state index is 10.0. The zero-order valence-corrected chi connectivity index (χ0v) is 7.35. The summed E-state index contributed by atoms with van der Waals surface area (Å²) in [4.78, 5) is 31.5. The fourth-order valence-electron chi connectivity index (χ4n) is 0.463. The van der Waals surface area contributed by atoms with Gasteiger partial charge in [-0.15, -0.1) is 0 Å². The molecule has 1 aromatic rings. The van der Waals surface area contributed by atoms with Crippen LogP contribution in [0.1, 0.15) is 17.4 Å². The van der Waals surface area contributed by atoms with Crippen molar-refractivity contribution in [1.29, 1.82) is 0 Å². The predicted molar refractivity (Wildman–Crippen MR) is 46.1 cm³/mol. The van der Waals surface area contributed by atoms with Gasteiger partial charge in [0.05, 0.1) is 0 Å². The fourth-order valence-corrected chi connectivity index (χ4v) is 0.463. The number of aromatic nitrogens is 1. The SMILES string of the molecule is CC(=O)C(=O)O.O=C(O)c1ccc[nH]1. The first-order valence-electron chi connectivity index (χ1n) is 3.55. The van der Waals surface area contributed by atoms with Gasteiger partial charge in [-0.1, -0.05) is 0 Å². The number of carboxylic acids is 2. The Morgan fingerprint density at radius 1 is 1.29 bits per heavy atom. The molecule has 0 saturated carbocycles. The first-order chi connectivity index (χ1) is 6.45. The molecule has 14 heavy (non-hydrogen) atoms. The van der Waals surface area contributed by atoms with Crippen LogP contribution < -0.4 is 0 Å². The lowest BCUT2D eigenvalue weighted by Crippen LogP contribution is -2.05. The Bertz CT molecular complexity index is 316. The minimum Gasteiger partial charge on any atom is -0.477 e. The van der Waals surface area contributed by atoms with Gasteiger partial charge >= 0.3 is 11.9 Å². The van der Waals surface area contributed by atoms with Crippen molar-refractivity contribution >= 4 is 17.7 Å². The molecule has 0 atom stereocenters. The molecule has 0 aliphatic rings. The summed E-state index contributed by atoms with van der Waals surface area (Å²) in [6, 6.07) is 3.14. The van der Waals surface area contributed by atoms with Gasteiger partial charge in [0.1, 0.15) is 5.69 Å². The van der Waals surface area contributed by atoms with Crippen LogP contribution >= 0.6 is 0 Å². The Hall–Kier alpha value is -2.11. The molecule has 1 heterocycles. The largest absolute Gasteiger partial charge is 0.477 e. The summed E-state index contributed by atoms with van der Waals surface area (Å²) in [5, 5.41) is 15.9. The normalized spacial score (nSPS) is 8.36. The van der Waals surface area contributed by atoms with Crippen LogP contribution in [0.15, 0.2) is 18.3 Å². The summed E-state index contributed by atoms with van der Waals surface area (Å²) in [6.07, 6.45) is 1.57. The second-order valence-electron chi connectivity index (χ2n) is 2.25. The van der Waals surface area contributed by atoms with Crippen molar-refractivity contribution in [3.05, 3.63) is 24.0 Å². The second kappa shape index (κ2) is 5.52. The molecule has 0 amide bonds. The molecule has 0 aliphatic carbocycles. The number of carbonyl (C=O) groups is 3. The number of hydrogen-bond donors (Lipinski definition) is 3. The van der Waals surface area contributed by atoms with Crippen LogP contribution in [-0.2, 0) is 9.59 Å². The average Bonchev–Trinajstić information content (AvgIpc) is 2.56. The van der Waals surface area contributed by atoms with Crippen LogP contribution in [0.2, 0.25) is 0 Å². The van der Waals surface area contributed by atoms with Crippen molar-refractivity contribution in [3.8, 4) is 0 Å². The lowest BCUT2D eigenvalue weighted by molar-refractivity contribution is -0.148. The zero-order valence-electron chi connectivity index (χ0n) is 7.35. The number of carboxylic acid groups (broad SMARTS) is 2. The van der Waals surface area contributed by atoms with Crippen LogP contribution in [0.25, 0.3) is 0 Å². The zero-order chi connectivity index (χ0) is 11.1. The van der Waals surface area contributed by atoms with Gasteiger partial charge < -0.3 is 15.2 Å². The monoisotopic (exact) mass is 199 g/mol. The average molecular weight is 199 g/mol. The van der Waals surface area contributed by atoms with Gasteiger partial charge in [-0.05, 0) is 12.1 Å². The first-order valence-corrected chi connectivity index (χ1v) is 3.55. The molecule has 0 saturated heterocycles. The van der Waals surface area contributed by atoms with E-state index < -0.39 is 17.7 Å². The number of Topliss-reactive ketones (excluding diaryl/α,β-unsaturated/α-hetero) is 1. The number of rotatable bonds is 2. The molecule has 3 N–H and O–H groups in total.